The third kappa shape index (κ3) is 5.14. The Bertz CT molecular complexity index is 1460. The summed E-state index contributed by atoms with van der Waals surface area (Å²) in [7, 11) is 1.34. The number of hydrogen-bond donors (Lipinski definition) is 2. The van der Waals surface area contributed by atoms with E-state index >= 15 is 0 Å². The number of carbonyl (C=O) groups is 1. The predicted molar refractivity (Wildman–Crippen MR) is 139 cm³/mol. The number of benzene rings is 2. The smallest absolute Gasteiger partial charge is 0.341 e. The summed E-state index contributed by atoms with van der Waals surface area (Å²) in [6.45, 7) is 0.708. The topological polar surface area (TPSA) is 152 Å². The van der Waals surface area contributed by atoms with E-state index in [0.29, 0.717) is 35.3 Å². The molecule has 4 atom stereocenters. The molecule has 4 aromatic rings. The molecule has 6 rings (SSSR count). The van der Waals surface area contributed by atoms with Crippen LogP contribution in [0.5, 0.6) is 11.8 Å². The molecule has 0 bridgehead atoms. The number of ether oxygens (including phenoxy) is 4. The Kier molecular flexibility index (Phi) is 6.83. The molecule has 0 aliphatic carbocycles. The number of anilines is 1. The Morgan fingerprint density at radius 1 is 1.13 bits per heavy atom. The van der Waals surface area contributed by atoms with Gasteiger partial charge >= 0.3 is 12.0 Å². The van der Waals surface area contributed by atoms with Gasteiger partial charge in [-0.05, 0) is 65.1 Å². The molecule has 0 radical (unpaired) electrons. The number of thiocarbonyl (C=S) groups is 1. The van der Waals surface area contributed by atoms with Gasteiger partial charge < -0.3 is 29.6 Å². The fraction of sp³-hybridized carbons (Fsp3) is 0.292. The molecule has 2 aromatic heterocycles. The lowest BCUT2D eigenvalue weighted by molar-refractivity contribution is 0.0600. The Hall–Kier alpha value is -4.47. The molecule has 15 heteroatoms. The number of hydrogen-bond acceptors (Lipinski definition) is 11. The lowest BCUT2D eigenvalue weighted by atomic mass is 10.1. The zero-order valence-electron chi connectivity index (χ0n) is 20.6. The Morgan fingerprint density at radius 2 is 1.97 bits per heavy atom. The largest absolute Gasteiger partial charge is 0.465 e. The third-order valence-corrected chi connectivity index (χ3v) is 6.61. The number of nitrogens with zero attached hydrogens (tertiary/aromatic N) is 7. The van der Waals surface area contributed by atoms with Crippen molar-refractivity contribution in [3.05, 3.63) is 66.7 Å². The Balaban J connectivity index is 1.08. The summed E-state index contributed by atoms with van der Waals surface area (Å²) in [6, 6.07) is 13.9. The number of tetrazole rings is 1. The van der Waals surface area contributed by atoms with E-state index in [2.05, 4.69) is 36.2 Å². The lowest BCUT2D eigenvalue weighted by Crippen LogP contribution is -2.45. The lowest BCUT2D eigenvalue weighted by Gasteiger charge is -2.20. The number of rotatable bonds is 7. The zero-order chi connectivity index (χ0) is 26.8. The molecule has 2 aliphatic rings. The Labute approximate surface area is 227 Å². The van der Waals surface area contributed by atoms with Crippen LogP contribution in [0.2, 0.25) is 0 Å². The molecule has 2 aliphatic heterocycles. The second-order valence-electron chi connectivity index (χ2n) is 8.78. The Morgan fingerprint density at radius 3 is 2.77 bits per heavy atom. The third-order valence-electron chi connectivity index (χ3n) is 6.39. The van der Waals surface area contributed by atoms with Gasteiger partial charge in [-0.2, -0.15) is 9.78 Å². The standard InChI is InChI=1S/C24H23N9O5S/c1-35-22(34)14-3-2-4-15(9-14)27-23(39)28-18-10-36-21-19(11-37-20(18)21)33-24(29-30-31-33)38-17-7-5-16(6-8-17)32-13-25-12-26-32/h2-9,12-13,18-21H,10-11H2,1H3,(H2,27,28,39)/t18-,19-,20+,21+/m0/s1. The number of carbonyl (C=O) groups excluding carboxylic acids is 1. The van der Waals surface area contributed by atoms with Crippen molar-refractivity contribution in [1.29, 1.82) is 0 Å². The van der Waals surface area contributed by atoms with E-state index in [-0.39, 0.29) is 30.3 Å². The number of methoxy groups -OCH3 is 1. The average molecular weight is 550 g/mol. The fourth-order valence-electron chi connectivity index (χ4n) is 4.56. The molecular formula is C24H23N9O5S. The normalized spacial score (nSPS) is 21.8. The van der Waals surface area contributed by atoms with Crippen LogP contribution < -0.4 is 15.4 Å². The van der Waals surface area contributed by atoms with Crippen LogP contribution in [0.1, 0.15) is 16.4 Å². The van der Waals surface area contributed by atoms with Gasteiger partial charge in [-0.15, -0.1) is 0 Å². The molecule has 0 amide bonds. The van der Waals surface area contributed by atoms with E-state index in [9.17, 15) is 4.79 Å². The first kappa shape index (κ1) is 24.8. The highest BCUT2D eigenvalue weighted by Crippen LogP contribution is 2.36. The first-order valence-electron chi connectivity index (χ1n) is 12.0. The maximum atomic E-state index is 11.8. The molecule has 0 saturated carbocycles. The minimum absolute atomic E-state index is 0.200. The van der Waals surface area contributed by atoms with Gasteiger partial charge in [-0.1, -0.05) is 11.2 Å². The first-order valence-corrected chi connectivity index (χ1v) is 12.4. The van der Waals surface area contributed by atoms with E-state index in [1.54, 1.807) is 52.1 Å². The number of aromatic nitrogens is 7. The maximum absolute atomic E-state index is 11.8. The molecule has 200 valence electrons. The highest BCUT2D eigenvalue weighted by Gasteiger charge is 2.50. The van der Waals surface area contributed by atoms with Crippen LogP contribution in [-0.2, 0) is 14.2 Å². The van der Waals surface area contributed by atoms with E-state index in [1.165, 1.54) is 13.4 Å². The van der Waals surface area contributed by atoms with Crippen LogP contribution in [0.25, 0.3) is 5.69 Å². The summed E-state index contributed by atoms with van der Waals surface area (Å²) in [6.07, 6.45) is 2.49. The molecule has 39 heavy (non-hydrogen) atoms. The summed E-state index contributed by atoms with van der Waals surface area (Å²) < 4.78 is 26.1. The van der Waals surface area contributed by atoms with Gasteiger partial charge in [-0.25, -0.2) is 14.5 Å². The van der Waals surface area contributed by atoms with Crippen molar-refractivity contribution in [1.82, 2.24) is 40.3 Å². The highest BCUT2D eigenvalue weighted by molar-refractivity contribution is 7.80. The van der Waals surface area contributed by atoms with Crippen LogP contribution in [0.4, 0.5) is 5.69 Å². The quantitative estimate of drug-likeness (QED) is 0.253. The van der Waals surface area contributed by atoms with Gasteiger partial charge in [0.2, 0.25) is 0 Å². The monoisotopic (exact) mass is 549 g/mol. The number of fused-ring (bicyclic) bond motifs is 1. The minimum Gasteiger partial charge on any atom is -0.465 e. The maximum Gasteiger partial charge on any atom is 0.341 e. The predicted octanol–water partition coefficient (Wildman–Crippen LogP) is 1.53. The first-order chi connectivity index (χ1) is 19.1. The summed E-state index contributed by atoms with van der Waals surface area (Å²) in [5.41, 5.74) is 1.91. The number of esters is 1. The van der Waals surface area contributed by atoms with Crippen molar-refractivity contribution in [3.8, 4) is 17.4 Å². The van der Waals surface area contributed by atoms with Crippen LogP contribution in [0.15, 0.2) is 61.2 Å². The molecule has 4 heterocycles. The van der Waals surface area contributed by atoms with Crippen molar-refractivity contribution in [2.75, 3.05) is 25.6 Å². The summed E-state index contributed by atoms with van der Waals surface area (Å²) in [4.78, 5) is 15.8. The fourth-order valence-corrected chi connectivity index (χ4v) is 4.83. The van der Waals surface area contributed by atoms with E-state index < -0.39 is 5.97 Å². The summed E-state index contributed by atoms with van der Waals surface area (Å²) >= 11 is 5.49. The van der Waals surface area contributed by atoms with Crippen molar-refractivity contribution < 1.29 is 23.7 Å². The second kappa shape index (κ2) is 10.7. The molecular weight excluding hydrogens is 526 g/mol. The van der Waals surface area contributed by atoms with Crippen molar-refractivity contribution in [2.24, 2.45) is 0 Å². The van der Waals surface area contributed by atoms with E-state index in [1.807, 2.05) is 12.1 Å². The molecule has 0 spiro atoms. The molecule has 2 aromatic carbocycles. The minimum atomic E-state index is -0.426. The second-order valence-corrected chi connectivity index (χ2v) is 9.19. The molecule has 14 nitrogen and oxygen atoms in total. The van der Waals surface area contributed by atoms with Gasteiger partial charge in [0.05, 0.1) is 37.6 Å². The molecule has 2 fully saturated rings. The summed E-state index contributed by atoms with van der Waals surface area (Å²) in [5, 5.41) is 22.8. The zero-order valence-corrected chi connectivity index (χ0v) is 21.4. The van der Waals surface area contributed by atoms with E-state index in [0.717, 1.165) is 5.69 Å². The molecule has 2 N–H and O–H groups in total. The van der Waals surface area contributed by atoms with Crippen LogP contribution >= 0.6 is 12.2 Å². The molecule has 0 unspecified atom stereocenters. The van der Waals surface area contributed by atoms with Gasteiger partial charge in [-0.3, -0.25) is 0 Å². The van der Waals surface area contributed by atoms with Crippen LogP contribution in [-0.4, -0.2) is 84.6 Å². The van der Waals surface area contributed by atoms with E-state index in [4.69, 9.17) is 31.2 Å². The van der Waals surface area contributed by atoms with Gasteiger partial charge in [0.15, 0.2) is 5.11 Å². The molecule has 2 saturated heterocycles. The van der Waals surface area contributed by atoms with Crippen LogP contribution in [0, 0.1) is 0 Å². The van der Waals surface area contributed by atoms with Crippen molar-refractivity contribution in [3.63, 3.8) is 0 Å². The average Bonchev–Trinajstić information content (AvgIpc) is 3.76. The van der Waals surface area contributed by atoms with Gasteiger partial charge in [0.25, 0.3) is 0 Å². The van der Waals surface area contributed by atoms with Crippen molar-refractivity contribution in [2.45, 2.75) is 24.3 Å². The number of nitrogens with one attached hydrogen (secondary N) is 2. The van der Waals surface area contributed by atoms with Crippen LogP contribution in [0.3, 0.4) is 0 Å². The summed E-state index contributed by atoms with van der Waals surface area (Å²) in [5.74, 6) is 0.134. The van der Waals surface area contributed by atoms with Gasteiger partial charge in [0, 0.05) is 5.69 Å². The van der Waals surface area contributed by atoms with Gasteiger partial charge in [0.1, 0.15) is 36.7 Å². The van der Waals surface area contributed by atoms with Crippen molar-refractivity contribution >= 4 is 29.0 Å². The highest BCUT2D eigenvalue weighted by atomic mass is 32.1. The SMILES string of the molecule is COC(=O)c1cccc(NC(=S)N[C@H]2CO[C@H]3[C@@H]2OC[C@@H]3n2nnnc2Oc2ccc(-n3cncn3)cc2)c1.